The van der Waals surface area contributed by atoms with Gasteiger partial charge >= 0.3 is 0 Å². The van der Waals surface area contributed by atoms with E-state index in [0.29, 0.717) is 18.3 Å². The van der Waals surface area contributed by atoms with E-state index in [2.05, 4.69) is 20.4 Å². The molecule has 114 valence electrons. The predicted octanol–water partition coefficient (Wildman–Crippen LogP) is 1.35. The van der Waals surface area contributed by atoms with Crippen LogP contribution in [0.5, 0.6) is 0 Å². The monoisotopic (exact) mass is 291 g/mol. The molecule has 0 saturated carbocycles. The highest BCUT2D eigenvalue weighted by atomic mass is 16.5. The van der Waals surface area contributed by atoms with E-state index >= 15 is 0 Å². The molecule has 0 spiro atoms. The Bertz CT molecular complexity index is 607. The van der Waals surface area contributed by atoms with E-state index in [0.717, 1.165) is 49.5 Å². The number of hydrogen-bond acceptors (Lipinski definition) is 6. The molecule has 2 aromatic rings. The summed E-state index contributed by atoms with van der Waals surface area (Å²) in [5, 5.41) is 8.23. The first-order valence-corrected chi connectivity index (χ1v) is 7.30. The van der Waals surface area contributed by atoms with Crippen LogP contribution in [0.15, 0.2) is 6.20 Å². The highest BCUT2D eigenvalue weighted by Gasteiger charge is 2.15. The van der Waals surface area contributed by atoms with Crippen molar-refractivity contribution in [2.75, 3.05) is 32.2 Å². The van der Waals surface area contributed by atoms with Crippen LogP contribution in [0.2, 0.25) is 0 Å². The number of nitrogens with zero attached hydrogens (tertiary/aromatic N) is 4. The summed E-state index contributed by atoms with van der Waals surface area (Å²) in [5.41, 5.74) is 0.819. The van der Waals surface area contributed by atoms with Gasteiger partial charge in [-0.1, -0.05) is 0 Å². The van der Waals surface area contributed by atoms with Crippen LogP contribution < -0.4 is 5.32 Å². The Morgan fingerprint density at radius 3 is 2.95 bits per heavy atom. The van der Waals surface area contributed by atoms with Crippen LogP contribution in [0.1, 0.15) is 18.7 Å². The number of aromatic nitrogens is 4. The number of rotatable bonds is 5. The number of hydrogen-bond donors (Lipinski definition) is 1. The Labute approximate surface area is 123 Å². The molecular weight excluding hydrogens is 270 g/mol. The molecule has 1 N–H and O–H groups in total. The standard InChI is InChI=1S/C14H21N5O2/c1-15-13-11-7-16-19(2)14(11)18-12(17-13)9-21-8-10-3-5-20-6-4-10/h7,10H,3-6,8-9H2,1-2H3,(H,15,17,18). The zero-order valence-electron chi connectivity index (χ0n) is 12.5. The van der Waals surface area contributed by atoms with Crippen molar-refractivity contribution in [1.82, 2.24) is 19.7 Å². The van der Waals surface area contributed by atoms with Crippen LogP contribution in [-0.4, -0.2) is 46.6 Å². The first-order chi connectivity index (χ1) is 10.3. The maximum Gasteiger partial charge on any atom is 0.163 e. The maximum absolute atomic E-state index is 5.79. The molecule has 0 aliphatic carbocycles. The van der Waals surface area contributed by atoms with Gasteiger partial charge in [0.2, 0.25) is 0 Å². The number of aryl methyl sites for hydroxylation is 1. The average molecular weight is 291 g/mol. The number of anilines is 1. The quantitative estimate of drug-likeness (QED) is 0.896. The highest BCUT2D eigenvalue weighted by Crippen LogP contribution is 2.20. The van der Waals surface area contributed by atoms with E-state index in [-0.39, 0.29) is 0 Å². The second-order valence-corrected chi connectivity index (χ2v) is 5.31. The van der Waals surface area contributed by atoms with E-state index in [1.54, 1.807) is 10.9 Å². The van der Waals surface area contributed by atoms with Gasteiger partial charge in [0.15, 0.2) is 11.5 Å². The van der Waals surface area contributed by atoms with Crippen LogP contribution >= 0.6 is 0 Å². The van der Waals surface area contributed by atoms with Crippen molar-refractivity contribution in [3.63, 3.8) is 0 Å². The summed E-state index contributed by atoms with van der Waals surface area (Å²) in [7, 11) is 3.73. The Balaban J connectivity index is 1.67. The zero-order chi connectivity index (χ0) is 14.7. The van der Waals surface area contributed by atoms with Crippen LogP contribution in [0, 0.1) is 5.92 Å². The molecule has 7 heteroatoms. The van der Waals surface area contributed by atoms with Crippen LogP contribution in [-0.2, 0) is 23.1 Å². The Hall–Kier alpha value is -1.73. The number of nitrogens with one attached hydrogen (secondary N) is 1. The molecule has 3 rings (SSSR count). The summed E-state index contributed by atoms with van der Waals surface area (Å²) in [6.07, 6.45) is 3.92. The molecule has 21 heavy (non-hydrogen) atoms. The van der Waals surface area contributed by atoms with E-state index in [1.807, 2.05) is 14.1 Å². The third-order valence-corrected chi connectivity index (χ3v) is 3.80. The molecule has 0 radical (unpaired) electrons. The predicted molar refractivity (Wildman–Crippen MR) is 79.0 cm³/mol. The molecule has 0 aromatic carbocycles. The lowest BCUT2D eigenvalue weighted by atomic mass is 10.0. The van der Waals surface area contributed by atoms with E-state index in [9.17, 15) is 0 Å². The molecule has 1 fully saturated rings. The first kappa shape index (κ1) is 14.2. The summed E-state index contributed by atoms with van der Waals surface area (Å²) in [4.78, 5) is 9.02. The van der Waals surface area contributed by atoms with Crippen molar-refractivity contribution < 1.29 is 9.47 Å². The molecule has 1 aliphatic rings. The molecular formula is C14H21N5O2. The van der Waals surface area contributed by atoms with Crippen molar-refractivity contribution in [1.29, 1.82) is 0 Å². The molecule has 0 atom stereocenters. The minimum Gasteiger partial charge on any atom is -0.381 e. The van der Waals surface area contributed by atoms with Crippen LogP contribution in [0.4, 0.5) is 5.82 Å². The minimum absolute atomic E-state index is 0.424. The summed E-state index contributed by atoms with van der Waals surface area (Å²) in [5.74, 6) is 2.06. The van der Waals surface area contributed by atoms with Crippen molar-refractivity contribution in [2.45, 2.75) is 19.4 Å². The van der Waals surface area contributed by atoms with Gasteiger partial charge in [-0.25, -0.2) is 9.97 Å². The van der Waals surface area contributed by atoms with E-state index in [1.165, 1.54) is 0 Å². The van der Waals surface area contributed by atoms with E-state index < -0.39 is 0 Å². The third kappa shape index (κ3) is 3.14. The lowest BCUT2D eigenvalue weighted by molar-refractivity contribution is 0.0143. The third-order valence-electron chi connectivity index (χ3n) is 3.80. The molecule has 7 nitrogen and oxygen atoms in total. The largest absolute Gasteiger partial charge is 0.381 e. The number of fused-ring (bicyclic) bond motifs is 1. The van der Waals surface area contributed by atoms with Gasteiger partial charge in [-0.05, 0) is 18.8 Å². The molecule has 0 amide bonds. The minimum atomic E-state index is 0.424. The Morgan fingerprint density at radius 1 is 1.38 bits per heavy atom. The zero-order valence-corrected chi connectivity index (χ0v) is 12.5. The second kappa shape index (κ2) is 6.36. The topological polar surface area (TPSA) is 74.1 Å². The fourth-order valence-electron chi connectivity index (χ4n) is 2.55. The van der Waals surface area contributed by atoms with Gasteiger partial charge < -0.3 is 14.8 Å². The summed E-state index contributed by atoms with van der Waals surface area (Å²) in [6, 6.07) is 0. The van der Waals surface area contributed by atoms with Crippen molar-refractivity contribution >= 4 is 16.9 Å². The summed E-state index contributed by atoms with van der Waals surface area (Å²) in [6.45, 7) is 2.85. The van der Waals surface area contributed by atoms with Crippen LogP contribution in [0.25, 0.3) is 11.0 Å². The Morgan fingerprint density at radius 2 is 2.19 bits per heavy atom. The fraction of sp³-hybridized carbons (Fsp3) is 0.643. The van der Waals surface area contributed by atoms with Crippen molar-refractivity contribution in [2.24, 2.45) is 13.0 Å². The molecule has 1 saturated heterocycles. The van der Waals surface area contributed by atoms with Crippen molar-refractivity contribution in [3.8, 4) is 0 Å². The lowest BCUT2D eigenvalue weighted by Gasteiger charge is -2.21. The van der Waals surface area contributed by atoms with Gasteiger partial charge in [0.05, 0.1) is 18.2 Å². The Kier molecular flexibility index (Phi) is 4.31. The van der Waals surface area contributed by atoms with Gasteiger partial charge in [0, 0.05) is 27.3 Å². The summed E-state index contributed by atoms with van der Waals surface area (Å²) < 4.78 is 12.9. The first-order valence-electron chi connectivity index (χ1n) is 7.30. The normalized spacial score (nSPS) is 16.5. The molecule has 2 aromatic heterocycles. The summed E-state index contributed by atoms with van der Waals surface area (Å²) >= 11 is 0. The molecule has 0 bridgehead atoms. The van der Waals surface area contributed by atoms with Crippen LogP contribution in [0.3, 0.4) is 0 Å². The van der Waals surface area contributed by atoms with Gasteiger partial charge in [-0.2, -0.15) is 5.10 Å². The highest BCUT2D eigenvalue weighted by molar-refractivity contribution is 5.86. The molecule has 3 heterocycles. The second-order valence-electron chi connectivity index (χ2n) is 5.31. The van der Waals surface area contributed by atoms with Crippen molar-refractivity contribution in [3.05, 3.63) is 12.0 Å². The van der Waals surface area contributed by atoms with Gasteiger partial charge in [0.1, 0.15) is 12.4 Å². The number of ether oxygens (including phenoxy) is 2. The fourth-order valence-corrected chi connectivity index (χ4v) is 2.55. The van der Waals surface area contributed by atoms with E-state index in [4.69, 9.17) is 9.47 Å². The molecule has 0 unspecified atom stereocenters. The lowest BCUT2D eigenvalue weighted by Crippen LogP contribution is -2.20. The maximum atomic E-state index is 5.79. The molecule has 1 aliphatic heterocycles. The van der Waals surface area contributed by atoms with Gasteiger partial charge in [-0.15, -0.1) is 0 Å². The SMILES string of the molecule is CNc1nc(COCC2CCOCC2)nc2c1cnn2C. The van der Waals surface area contributed by atoms with Gasteiger partial charge in [0.25, 0.3) is 0 Å². The smallest absolute Gasteiger partial charge is 0.163 e. The van der Waals surface area contributed by atoms with Gasteiger partial charge in [-0.3, -0.25) is 4.68 Å². The average Bonchev–Trinajstić information content (AvgIpc) is 2.89.